The molecule has 0 atom stereocenters. The maximum atomic E-state index is 12.3. The summed E-state index contributed by atoms with van der Waals surface area (Å²) in [6.07, 6.45) is 2.51. The molecule has 1 aromatic heterocycles. The molecule has 32 heavy (non-hydrogen) atoms. The highest BCUT2D eigenvalue weighted by Crippen LogP contribution is 2.32. The number of nitrogens with zero attached hydrogens (tertiary/aromatic N) is 4. The zero-order chi connectivity index (χ0) is 22.3. The van der Waals surface area contributed by atoms with Gasteiger partial charge in [0.25, 0.3) is 0 Å². The van der Waals surface area contributed by atoms with Crippen molar-refractivity contribution >= 4 is 41.5 Å². The molecule has 0 saturated heterocycles. The Morgan fingerprint density at radius 1 is 1.22 bits per heavy atom. The fraction of sp³-hybridized carbons (Fsp3) is 0.524. The average molecular weight is 557 g/mol. The summed E-state index contributed by atoms with van der Waals surface area (Å²) in [5.41, 5.74) is 0.457. The molecular weight excluding hydrogens is 525 g/mol. The monoisotopic (exact) mass is 557 g/mol. The maximum Gasteiger partial charge on any atom is 0.239 e. The fourth-order valence-electron chi connectivity index (χ4n) is 2.96. The smallest absolute Gasteiger partial charge is 0.239 e. The molecule has 0 aliphatic carbocycles. The minimum atomic E-state index is -0.310. The largest absolute Gasteiger partial charge is 0.490 e. The summed E-state index contributed by atoms with van der Waals surface area (Å²) < 4.78 is 13.4. The molecule has 1 aliphatic heterocycles. The van der Waals surface area contributed by atoms with E-state index in [1.165, 1.54) is 0 Å². The molecule has 0 saturated carbocycles. The van der Waals surface area contributed by atoms with Crippen molar-refractivity contribution in [2.75, 3.05) is 25.1 Å². The van der Waals surface area contributed by atoms with Crippen LogP contribution in [0.25, 0.3) is 0 Å². The molecule has 0 fully saturated rings. The van der Waals surface area contributed by atoms with Gasteiger partial charge in [0.15, 0.2) is 23.3 Å². The van der Waals surface area contributed by atoms with Crippen LogP contribution >= 0.6 is 24.0 Å². The zero-order valence-electron chi connectivity index (χ0n) is 19.0. The Labute approximate surface area is 205 Å². The van der Waals surface area contributed by atoms with Gasteiger partial charge in [0.2, 0.25) is 5.91 Å². The van der Waals surface area contributed by atoms with Crippen LogP contribution in [0.15, 0.2) is 29.5 Å². The van der Waals surface area contributed by atoms with E-state index in [-0.39, 0.29) is 42.0 Å². The van der Waals surface area contributed by atoms with Gasteiger partial charge in [0.1, 0.15) is 12.9 Å². The number of carbonyl (C=O) groups is 1. The van der Waals surface area contributed by atoms with Crippen molar-refractivity contribution in [3.05, 3.63) is 30.4 Å². The molecular formula is C21H32IN7O3. The quantitative estimate of drug-likeness (QED) is 0.284. The summed E-state index contributed by atoms with van der Waals surface area (Å²) in [6.45, 7) is 10.2. The Kier molecular flexibility index (Phi) is 9.54. The summed E-state index contributed by atoms with van der Waals surface area (Å²) >= 11 is 0. The van der Waals surface area contributed by atoms with Crippen molar-refractivity contribution in [1.29, 1.82) is 0 Å². The Balaban J connectivity index is 0.00000363. The van der Waals surface area contributed by atoms with E-state index in [1.807, 2.05) is 50.5 Å². The van der Waals surface area contributed by atoms with Gasteiger partial charge in [-0.1, -0.05) is 0 Å². The Bertz CT molecular complexity index is 924. The van der Waals surface area contributed by atoms with Crippen LogP contribution in [-0.2, 0) is 17.9 Å². The van der Waals surface area contributed by atoms with E-state index in [9.17, 15) is 4.79 Å². The lowest BCUT2D eigenvalue weighted by Gasteiger charge is -2.21. The Hall–Kier alpha value is -2.57. The first-order chi connectivity index (χ1) is 14.8. The fourth-order valence-corrected chi connectivity index (χ4v) is 2.96. The second kappa shape index (κ2) is 11.9. The van der Waals surface area contributed by atoms with Gasteiger partial charge in [-0.05, 0) is 39.8 Å². The number of amides is 1. The lowest BCUT2D eigenvalue weighted by atomic mass is 10.1. The second-order valence-corrected chi connectivity index (χ2v) is 8.19. The van der Waals surface area contributed by atoms with Crippen LogP contribution < -0.4 is 25.4 Å². The van der Waals surface area contributed by atoms with Gasteiger partial charge >= 0.3 is 0 Å². The molecule has 2 heterocycles. The van der Waals surface area contributed by atoms with E-state index >= 15 is 0 Å². The van der Waals surface area contributed by atoms with Gasteiger partial charge < -0.3 is 30.0 Å². The van der Waals surface area contributed by atoms with Crippen LogP contribution in [0.2, 0.25) is 0 Å². The van der Waals surface area contributed by atoms with Crippen LogP contribution in [0.4, 0.5) is 5.69 Å². The van der Waals surface area contributed by atoms with Gasteiger partial charge in [-0.2, -0.15) is 0 Å². The SMILES string of the molecule is CCn1cnnc1CN=C(NCC(=O)NC(C)(C)C)Nc1ccc2c(c1)OCCCO2.I. The standard InChI is InChI=1S/C21H31N7O3.HI/c1-5-28-14-24-27-18(28)12-22-20(23-13-19(29)26-21(2,3)4)25-15-7-8-16-17(11-15)31-10-6-9-30-16;/h7-8,11,14H,5-6,9-10,12-13H2,1-4H3,(H,26,29)(H2,22,23,25);1H. The molecule has 3 N–H and O–H groups in total. The highest BCUT2D eigenvalue weighted by molar-refractivity contribution is 14.0. The second-order valence-electron chi connectivity index (χ2n) is 8.19. The number of carbonyl (C=O) groups excluding carboxylic acids is 1. The molecule has 176 valence electrons. The summed E-state index contributed by atoms with van der Waals surface area (Å²) in [5.74, 6) is 2.45. The molecule has 1 aromatic carbocycles. The van der Waals surface area contributed by atoms with Gasteiger partial charge in [-0.15, -0.1) is 34.2 Å². The lowest BCUT2D eigenvalue weighted by molar-refractivity contribution is -0.121. The first-order valence-electron chi connectivity index (χ1n) is 10.5. The first-order valence-corrected chi connectivity index (χ1v) is 10.5. The third-order valence-electron chi connectivity index (χ3n) is 4.36. The molecule has 1 aliphatic rings. The van der Waals surface area contributed by atoms with Gasteiger partial charge in [0, 0.05) is 30.3 Å². The van der Waals surface area contributed by atoms with Gasteiger partial charge in [0.05, 0.1) is 19.8 Å². The number of guanidine groups is 1. The molecule has 0 bridgehead atoms. The van der Waals surface area contributed by atoms with Gasteiger partial charge in [-0.25, -0.2) is 4.99 Å². The Morgan fingerprint density at radius 3 is 2.69 bits per heavy atom. The third-order valence-corrected chi connectivity index (χ3v) is 4.36. The third kappa shape index (κ3) is 7.84. The minimum Gasteiger partial charge on any atom is -0.490 e. The number of fused-ring (bicyclic) bond motifs is 1. The normalized spacial score (nSPS) is 13.6. The number of benzene rings is 1. The zero-order valence-corrected chi connectivity index (χ0v) is 21.3. The summed E-state index contributed by atoms with van der Waals surface area (Å²) in [4.78, 5) is 16.8. The van der Waals surface area contributed by atoms with Crippen molar-refractivity contribution in [2.45, 2.75) is 52.7 Å². The average Bonchev–Trinajstić information content (AvgIpc) is 3.04. The highest BCUT2D eigenvalue weighted by Gasteiger charge is 2.15. The number of nitrogens with one attached hydrogen (secondary N) is 3. The van der Waals surface area contributed by atoms with Crippen molar-refractivity contribution in [3.8, 4) is 11.5 Å². The van der Waals surface area contributed by atoms with Crippen LogP contribution in [-0.4, -0.2) is 51.9 Å². The highest BCUT2D eigenvalue weighted by atomic mass is 127. The van der Waals surface area contributed by atoms with Gasteiger partial charge in [-0.3, -0.25) is 4.79 Å². The predicted octanol–water partition coefficient (Wildman–Crippen LogP) is 2.55. The molecule has 1 amide bonds. The number of ether oxygens (including phenoxy) is 2. The van der Waals surface area contributed by atoms with E-state index in [2.05, 4.69) is 31.1 Å². The van der Waals surface area contributed by atoms with E-state index in [0.717, 1.165) is 30.2 Å². The topological polar surface area (TPSA) is 115 Å². The number of halogens is 1. The molecule has 11 heteroatoms. The molecule has 0 unspecified atom stereocenters. The number of aryl methyl sites for hydroxylation is 1. The number of anilines is 1. The van der Waals surface area contributed by atoms with Crippen LogP contribution in [0.3, 0.4) is 0 Å². The number of aromatic nitrogens is 3. The van der Waals surface area contributed by atoms with E-state index in [1.54, 1.807) is 6.33 Å². The minimum absolute atomic E-state index is 0. The molecule has 0 radical (unpaired) electrons. The van der Waals surface area contributed by atoms with Crippen molar-refractivity contribution in [3.63, 3.8) is 0 Å². The number of hydrogen-bond acceptors (Lipinski definition) is 6. The number of rotatable bonds is 6. The summed E-state index contributed by atoms with van der Waals surface area (Å²) in [7, 11) is 0. The van der Waals surface area contributed by atoms with Crippen LogP contribution in [0.1, 0.15) is 39.9 Å². The van der Waals surface area contributed by atoms with E-state index in [0.29, 0.717) is 31.5 Å². The van der Waals surface area contributed by atoms with Crippen molar-refractivity contribution in [1.82, 2.24) is 25.4 Å². The molecule has 2 aromatic rings. The van der Waals surface area contributed by atoms with Crippen molar-refractivity contribution in [2.24, 2.45) is 4.99 Å². The number of hydrogen-bond donors (Lipinski definition) is 3. The Morgan fingerprint density at radius 2 is 1.97 bits per heavy atom. The molecule has 3 rings (SSSR count). The van der Waals surface area contributed by atoms with Crippen LogP contribution in [0.5, 0.6) is 11.5 Å². The number of aliphatic imine (C=N–C) groups is 1. The summed E-state index contributed by atoms with van der Waals surface area (Å²) in [6, 6.07) is 5.61. The lowest BCUT2D eigenvalue weighted by Crippen LogP contribution is -2.46. The van der Waals surface area contributed by atoms with E-state index < -0.39 is 0 Å². The predicted molar refractivity (Wildman–Crippen MR) is 134 cm³/mol. The maximum absolute atomic E-state index is 12.3. The first kappa shape index (κ1) is 25.7. The van der Waals surface area contributed by atoms with Crippen LogP contribution in [0, 0.1) is 0 Å². The van der Waals surface area contributed by atoms with E-state index in [4.69, 9.17) is 9.47 Å². The van der Waals surface area contributed by atoms with Crippen molar-refractivity contribution < 1.29 is 14.3 Å². The summed E-state index contributed by atoms with van der Waals surface area (Å²) in [5, 5.41) is 17.3. The molecule has 0 spiro atoms. The molecule has 10 nitrogen and oxygen atoms in total.